The van der Waals surface area contributed by atoms with E-state index in [1.165, 1.54) is 25.4 Å². The van der Waals surface area contributed by atoms with Crippen LogP contribution in [-0.2, 0) is 0 Å². The molecule has 0 aliphatic rings. The number of nitrogens with zero attached hydrogens (tertiary/aromatic N) is 1. The number of hydrogen-bond donors (Lipinski definition) is 1. The van der Waals surface area contributed by atoms with Gasteiger partial charge in [0.25, 0.3) is 5.91 Å². The number of nitrogens with one attached hydrogen (secondary N) is 1. The van der Waals surface area contributed by atoms with E-state index in [0.717, 1.165) is 6.07 Å². The third-order valence-corrected chi connectivity index (χ3v) is 3.61. The van der Waals surface area contributed by atoms with Crippen LogP contribution >= 0.6 is 27.5 Å². The normalized spacial score (nSPS) is 10.2. The topological polar surface area (TPSA) is 51.2 Å². The first kappa shape index (κ1) is 14.7. The van der Waals surface area contributed by atoms with Gasteiger partial charge in [0.15, 0.2) is 0 Å². The Labute approximate surface area is 128 Å². The Morgan fingerprint density at radius 2 is 2.20 bits per heavy atom. The second-order valence-corrected chi connectivity index (χ2v) is 5.01. The van der Waals surface area contributed by atoms with Crippen LogP contribution in [0.2, 0.25) is 5.15 Å². The average molecular weight is 360 g/mol. The fourth-order valence-corrected chi connectivity index (χ4v) is 1.95. The van der Waals surface area contributed by atoms with Gasteiger partial charge in [-0.05, 0) is 34.1 Å². The maximum atomic E-state index is 13.7. The molecule has 20 heavy (non-hydrogen) atoms. The smallest absolute Gasteiger partial charge is 0.258 e. The number of carbonyl (C=O) groups excluding carboxylic acids is 1. The van der Waals surface area contributed by atoms with E-state index in [0.29, 0.717) is 15.9 Å². The van der Waals surface area contributed by atoms with Gasteiger partial charge in [-0.15, -0.1) is 0 Å². The van der Waals surface area contributed by atoms with E-state index in [-0.39, 0.29) is 10.7 Å². The fraction of sp³-hybridized carbons (Fsp3) is 0.0769. The summed E-state index contributed by atoms with van der Waals surface area (Å²) < 4.78 is 19.2. The Hall–Kier alpha value is -1.66. The molecular formula is C13H9BrClFN2O2. The van der Waals surface area contributed by atoms with Gasteiger partial charge < -0.3 is 10.1 Å². The highest BCUT2D eigenvalue weighted by molar-refractivity contribution is 9.10. The predicted octanol–water partition coefficient (Wildman–Crippen LogP) is 3.90. The number of aromatic nitrogens is 1. The van der Waals surface area contributed by atoms with Crippen molar-refractivity contribution >= 4 is 39.1 Å². The summed E-state index contributed by atoms with van der Waals surface area (Å²) in [5.74, 6) is -0.904. The first-order valence-corrected chi connectivity index (χ1v) is 6.64. The number of methoxy groups -OCH3 is 1. The Kier molecular flexibility index (Phi) is 4.57. The minimum Gasteiger partial charge on any atom is -0.497 e. The average Bonchev–Trinajstić information content (AvgIpc) is 2.42. The summed E-state index contributed by atoms with van der Waals surface area (Å²) in [5, 5.41) is 2.81. The molecule has 1 aromatic heterocycles. The Bertz CT molecular complexity index is 667. The van der Waals surface area contributed by atoms with Gasteiger partial charge in [0.05, 0.1) is 29.0 Å². The van der Waals surface area contributed by atoms with E-state index < -0.39 is 11.7 Å². The zero-order valence-electron chi connectivity index (χ0n) is 10.3. The van der Waals surface area contributed by atoms with Crippen molar-refractivity contribution in [3.63, 3.8) is 0 Å². The zero-order chi connectivity index (χ0) is 14.7. The number of halogens is 3. The standard InChI is InChI=1S/C13H9BrClFN2O2/c1-20-8-2-3-9(11(16)5-8)13(19)18-7-4-10(14)12(15)17-6-7/h2-6H,1H3,(H,18,19). The molecule has 4 nitrogen and oxygen atoms in total. The van der Waals surface area contributed by atoms with Gasteiger partial charge in [0.1, 0.15) is 16.7 Å². The minimum atomic E-state index is -0.664. The van der Waals surface area contributed by atoms with Crippen LogP contribution in [0, 0.1) is 5.82 Å². The molecule has 1 amide bonds. The van der Waals surface area contributed by atoms with Crippen molar-refractivity contribution in [2.24, 2.45) is 0 Å². The maximum absolute atomic E-state index is 13.7. The molecule has 0 radical (unpaired) electrons. The number of ether oxygens (including phenoxy) is 1. The van der Waals surface area contributed by atoms with Crippen LogP contribution in [0.1, 0.15) is 10.4 Å². The van der Waals surface area contributed by atoms with Gasteiger partial charge in [-0.1, -0.05) is 11.6 Å². The van der Waals surface area contributed by atoms with Gasteiger partial charge in [-0.3, -0.25) is 4.79 Å². The molecule has 0 unspecified atom stereocenters. The summed E-state index contributed by atoms with van der Waals surface area (Å²) in [6.07, 6.45) is 1.38. The molecule has 2 rings (SSSR count). The van der Waals surface area contributed by atoms with Crippen molar-refractivity contribution in [3.05, 3.63) is 51.5 Å². The van der Waals surface area contributed by atoms with Crippen LogP contribution in [0.25, 0.3) is 0 Å². The molecule has 1 aromatic carbocycles. The van der Waals surface area contributed by atoms with Gasteiger partial charge in [-0.25, -0.2) is 9.37 Å². The van der Waals surface area contributed by atoms with Gasteiger partial charge in [0, 0.05) is 6.07 Å². The van der Waals surface area contributed by atoms with Gasteiger partial charge in [0.2, 0.25) is 0 Å². The van der Waals surface area contributed by atoms with E-state index in [4.69, 9.17) is 16.3 Å². The lowest BCUT2D eigenvalue weighted by atomic mass is 10.2. The quantitative estimate of drug-likeness (QED) is 0.846. The number of rotatable bonds is 3. The monoisotopic (exact) mass is 358 g/mol. The Morgan fingerprint density at radius 3 is 2.80 bits per heavy atom. The summed E-state index contributed by atoms with van der Waals surface area (Å²) in [6, 6.07) is 5.58. The van der Waals surface area contributed by atoms with Crippen LogP contribution in [-0.4, -0.2) is 18.0 Å². The number of benzene rings is 1. The van der Waals surface area contributed by atoms with E-state index in [1.54, 1.807) is 6.07 Å². The molecule has 0 aliphatic heterocycles. The number of carbonyl (C=O) groups is 1. The molecule has 0 fully saturated rings. The van der Waals surface area contributed by atoms with E-state index in [9.17, 15) is 9.18 Å². The summed E-state index contributed by atoms with van der Waals surface area (Å²) in [5.41, 5.74) is 0.318. The Balaban J connectivity index is 2.21. The van der Waals surface area contributed by atoms with Crippen molar-refractivity contribution in [2.75, 3.05) is 12.4 Å². The lowest BCUT2D eigenvalue weighted by molar-refractivity contribution is 0.102. The molecule has 2 aromatic rings. The van der Waals surface area contributed by atoms with Crippen LogP contribution < -0.4 is 10.1 Å². The van der Waals surface area contributed by atoms with Crippen molar-refractivity contribution in [3.8, 4) is 5.75 Å². The summed E-state index contributed by atoms with van der Waals surface area (Å²) in [4.78, 5) is 15.8. The molecule has 0 aliphatic carbocycles. The van der Waals surface area contributed by atoms with Crippen molar-refractivity contribution in [2.45, 2.75) is 0 Å². The number of anilines is 1. The van der Waals surface area contributed by atoms with Crippen LogP contribution in [0.4, 0.5) is 10.1 Å². The second kappa shape index (κ2) is 6.19. The van der Waals surface area contributed by atoms with Crippen LogP contribution in [0.3, 0.4) is 0 Å². The largest absolute Gasteiger partial charge is 0.497 e. The highest BCUT2D eigenvalue weighted by Gasteiger charge is 2.13. The minimum absolute atomic E-state index is 0.0862. The highest BCUT2D eigenvalue weighted by Crippen LogP contribution is 2.23. The molecule has 0 spiro atoms. The highest BCUT2D eigenvalue weighted by atomic mass is 79.9. The molecule has 1 heterocycles. The maximum Gasteiger partial charge on any atom is 0.258 e. The van der Waals surface area contributed by atoms with Gasteiger partial charge in [-0.2, -0.15) is 0 Å². The summed E-state index contributed by atoms with van der Waals surface area (Å²) in [7, 11) is 1.42. The van der Waals surface area contributed by atoms with E-state index in [2.05, 4.69) is 26.2 Å². The number of hydrogen-bond acceptors (Lipinski definition) is 3. The third-order valence-electron chi connectivity index (χ3n) is 2.48. The molecular weight excluding hydrogens is 351 g/mol. The SMILES string of the molecule is COc1ccc(C(=O)Nc2cnc(Cl)c(Br)c2)c(F)c1. The van der Waals surface area contributed by atoms with Gasteiger partial charge >= 0.3 is 0 Å². The number of amides is 1. The lowest BCUT2D eigenvalue weighted by Gasteiger charge is -2.07. The van der Waals surface area contributed by atoms with Crippen molar-refractivity contribution in [1.82, 2.24) is 4.98 Å². The first-order chi connectivity index (χ1) is 9.51. The predicted molar refractivity (Wildman–Crippen MR) is 77.9 cm³/mol. The lowest BCUT2D eigenvalue weighted by Crippen LogP contribution is -2.14. The molecule has 1 N–H and O–H groups in total. The summed E-state index contributed by atoms with van der Waals surface area (Å²) >= 11 is 8.94. The van der Waals surface area contributed by atoms with E-state index in [1.807, 2.05) is 0 Å². The molecule has 0 bridgehead atoms. The molecule has 104 valence electrons. The van der Waals surface area contributed by atoms with Crippen molar-refractivity contribution in [1.29, 1.82) is 0 Å². The van der Waals surface area contributed by atoms with Crippen molar-refractivity contribution < 1.29 is 13.9 Å². The number of pyridine rings is 1. The third kappa shape index (κ3) is 3.26. The molecule has 7 heteroatoms. The molecule has 0 atom stereocenters. The zero-order valence-corrected chi connectivity index (χ0v) is 12.6. The Morgan fingerprint density at radius 1 is 1.45 bits per heavy atom. The van der Waals surface area contributed by atoms with E-state index >= 15 is 0 Å². The van der Waals surface area contributed by atoms with Crippen LogP contribution in [0.5, 0.6) is 5.75 Å². The molecule has 0 saturated carbocycles. The summed E-state index contributed by atoms with van der Waals surface area (Å²) in [6.45, 7) is 0. The second-order valence-electron chi connectivity index (χ2n) is 3.80. The molecule has 0 saturated heterocycles. The van der Waals surface area contributed by atoms with Crippen LogP contribution in [0.15, 0.2) is 34.9 Å². The first-order valence-electron chi connectivity index (χ1n) is 5.47. The fourth-order valence-electron chi connectivity index (χ4n) is 1.49.